The van der Waals surface area contributed by atoms with E-state index < -0.39 is 0 Å². The monoisotopic (exact) mass is 241 g/mol. The molecule has 0 radical (unpaired) electrons. The summed E-state index contributed by atoms with van der Waals surface area (Å²) >= 11 is 5.89. The molecule has 3 atom stereocenters. The van der Waals surface area contributed by atoms with Crippen molar-refractivity contribution in [1.82, 2.24) is 10.2 Å². The molecule has 3 rings (SSSR count). The third-order valence-electron chi connectivity index (χ3n) is 3.24. The molecular formula is C10H12ClN3O2. The van der Waals surface area contributed by atoms with Gasteiger partial charge in [0.15, 0.2) is 0 Å². The van der Waals surface area contributed by atoms with E-state index in [1.807, 2.05) is 0 Å². The first kappa shape index (κ1) is 10.1. The van der Waals surface area contributed by atoms with Crippen molar-refractivity contribution in [3.05, 3.63) is 21.6 Å². The Kier molecular flexibility index (Phi) is 2.37. The number of anilines is 1. The van der Waals surface area contributed by atoms with Gasteiger partial charge >= 0.3 is 0 Å². The molecule has 86 valence electrons. The Balaban J connectivity index is 1.80. The summed E-state index contributed by atoms with van der Waals surface area (Å²) in [5.74, 6) is 0. The summed E-state index contributed by atoms with van der Waals surface area (Å²) in [6, 6.07) is 0.250. The molecule has 0 spiro atoms. The average molecular weight is 242 g/mol. The standard InChI is InChI=1S/C10H12ClN3O2/c11-9-7(4-12-14-10(9)15)13-6-3-5-1-2-8(6)16-5/h4-6,8H,1-3H2,(H2,13,14,15)/t5-,6+,8-/m1/s1. The second-order valence-electron chi connectivity index (χ2n) is 4.29. The first-order chi connectivity index (χ1) is 7.74. The van der Waals surface area contributed by atoms with Crippen LogP contribution in [0.2, 0.25) is 5.02 Å². The number of aromatic nitrogens is 2. The quantitative estimate of drug-likeness (QED) is 0.815. The highest BCUT2D eigenvalue weighted by Crippen LogP contribution is 2.36. The van der Waals surface area contributed by atoms with Crippen molar-refractivity contribution in [2.45, 2.75) is 37.5 Å². The molecule has 0 amide bonds. The zero-order valence-corrected chi connectivity index (χ0v) is 9.33. The molecule has 2 fully saturated rings. The molecule has 0 aliphatic carbocycles. The molecule has 0 saturated carbocycles. The van der Waals surface area contributed by atoms with E-state index in [1.54, 1.807) is 0 Å². The fourth-order valence-electron chi connectivity index (χ4n) is 2.47. The van der Waals surface area contributed by atoms with Crippen molar-refractivity contribution in [1.29, 1.82) is 0 Å². The summed E-state index contributed by atoms with van der Waals surface area (Å²) in [4.78, 5) is 11.3. The molecule has 2 aliphatic rings. The first-order valence-corrected chi connectivity index (χ1v) is 5.77. The van der Waals surface area contributed by atoms with Crippen LogP contribution in [0.25, 0.3) is 0 Å². The summed E-state index contributed by atoms with van der Waals surface area (Å²) in [6.45, 7) is 0. The largest absolute Gasteiger partial charge is 0.377 e. The van der Waals surface area contributed by atoms with Crippen LogP contribution >= 0.6 is 11.6 Å². The zero-order valence-electron chi connectivity index (χ0n) is 8.57. The number of rotatable bonds is 2. The van der Waals surface area contributed by atoms with Crippen molar-refractivity contribution in [2.24, 2.45) is 0 Å². The van der Waals surface area contributed by atoms with Crippen LogP contribution in [-0.2, 0) is 4.74 Å². The van der Waals surface area contributed by atoms with E-state index in [0.717, 1.165) is 19.3 Å². The van der Waals surface area contributed by atoms with Crippen LogP contribution in [0.15, 0.2) is 11.0 Å². The third kappa shape index (κ3) is 1.60. The fourth-order valence-corrected chi connectivity index (χ4v) is 2.62. The van der Waals surface area contributed by atoms with Crippen molar-refractivity contribution in [3.63, 3.8) is 0 Å². The Morgan fingerprint density at radius 1 is 1.56 bits per heavy atom. The van der Waals surface area contributed by atoms with Gasteiger partial charge in [0.1, 0.15) is 5.02 Å². The van der Waals surface area contributed by atoms with E-state index in [9.17, 15) is 4.79 Å². The minimum absolute atomic E-state index is 0.165. The molecule has 3 heterocycles. The molecule has 1 aromatic rings. The maximum Gasteiger partial charge on any atom is 0.285 e. The molecule has 2 aliphatic heterocycles. The maximum atomic E-state index is 11.3. The molecule has 5 nitrogen and oxygen atoms in total. The lowest BCUT2D eigenvalue weighted by Gasteiger charge is -2.21. The highest BCUT2D eigenvalue weighted by Gasteiger charge is 2.40. The number of ether oxygens (including phenoxy) is 1. The molecule has 1 aromatic heterocycles. The Bertz CT molecular complexity index is 462. The highest BCUT2D eigenvalue weighted by molar-refractivity contribution is 6.32. The van der Waals surface area contributed by atoms with E-state index in [2.05, 4.69) is 15.5 Å². The lowest BCUT2D eigenvalue weighted by Crippen LogP contribution is -2.31. The topological polar surface area (TPSA) is 67.0 Å². The zero-order chi connectivity index (χ0) is 11.1. The first-order valence-electron chi connectivity index (χ1n) is 5.39. The molecule has 0 unspecified atom stereocenters. The van der Waals surface area contributed by atoms with Gasteiger partial charge in [-0.1, -0.05) is 11.6 Å². The number of nitrogens with one attached hydrogen (secondary N) is 2. The molecular weight excluding hydrogens is 230 g/mol. The van der Waals surface area contributed by atoms with E-state index in [0.29, 0.717) is 11.8 Å². The summed E-state index contributed by atoms with van der Waals surface area (Å²) in [5.41, 5.74) is 0.224. The van der Waals surface area contributed by atoms with E-state index in [1.165, 1.54) is 6.20 Å². The SMILES string of the molecule is O=c1[nH]ncc(N[C@H]2C[C@H]3CC[C@H]2O3)c1Cl. The normalized spacial score (nSPS) is 31.9. The maximum absolute atomic E-state index is 11.3. The number of aromatic amines is 1. The Labute approximate surface area is 97.1 Å². The Morgan fingerprint density at radius 2 is 2.44 bits per heavy atom. The van der Waals surface area contributed by atoms with Gasteiger partial charge in [-0.05, 0) is 19.3 Å². The number of halogens is 1. The summed E-state index contributed by atoms with van der Waals surface area (Å²) in [7, 11) is 0. The van der Waals surface area contributed by atoms with Crippen molar-refractivity contribution < 1.29 is 4.74 Å². The average Bonchev–Trinajstić information content (AvgIpc) is 2.86. The predicted molar refractivity (Wildman–Crippen MR) is 59.8 cm³/mol. The van der Waals surface area contributed by atoms with Crippen LogP contribution in [0, 0.1) is 0 Å². The van der Waals surface area contributed by atoms with Crippen molar-refractivity contribution in [2.75, 3.05) is 5.32 Å². The smallest absolute Gasteiger partial charge is 0.285 e. The van der Waals surface area contributed by atoms with Crippen LogP contribution in [0.1, 0.15) is 19.3 Å². The van der Waals surface area contributed by atoms with Gasteiger partial charge in [-0.15, -0.1) is 0 Å². The number of hydrogen-bond donors (Lipinski definition) is 2. The van der Waals surface area contributed by atoms with E-state index >= 15 is 0 Å². The fraction of sp³-hybridized carbons (Fsp3) is 0.600. The second kappa shape index (κ2) is 3.75. The van der Waals surface area contributed by atoms with Crippen LogP contribution in [0.5, 0.6) is 0 Å². The highest BCUT2D eigenvalue weighted by atomic mass is 35.5. The number of H-pyrrole nitrogens is 1. The van der Waals surface area contributed by atoms with Crippen LogP contribution in [0.4, 0.5) is 5.69 Å². The number of fused-ring (bicyclic) bond motifs is 2. The minimum atomic E-state index is -0.365. The molecule has 2 saturated heterocycles. The van der Waals surface area contributed by atoms with Gasteiger partial charge in [0.25, 0.3) is 5.56 Å². The van der Waals surface area contributed by atoms with Crippen LogP contribution in [-0.4, -0.2) is 28.4 Å². The lowest BCUT2D eigenvalue weighted by molar-refractivity contribution is 0.102. The van der Waals surface area contributed by atoms with E-state index in [-0.39, 0.29) is 22.7 Å². The lowest BCUT2D eigenvalue weighted by atomic mass is 9.95. The van der Waals surface area contributed by atoms with Gasteiger partial charge in [0, 0.05) is 0 Å². The van der Waals surface area contributed by atoms with Gasteiger partial charge in [0.05, 0.1) is 30.1 Å². The number of nitrogens with zero attached hydrogens (tertiary/aromatic N) is 1. The minimum Gasteiger partial charge on any atom is -0.377 e. The molecule has 2 N–H and O–H groups in total. The molecule has 6 heteroatoms. The third-order valence-corrected chi connectivity index (χ3v) is 3.62. The number of hydrogen-bond acceptors (Lipinski definition) is 4. The molecule has 16 heavy (non-hydrogen) atoms. The van der Waals surface area contributed by atoms with Gasteiger partial charge in [-0.2, -0.15) is 5.10 Å². The predicted octanol–water partition coefficient (Wildman–Crippen LogP) is 1.16. The van der Waals surface area contributed by atoms with Gasteiger partial charge in [-0.25, -0.2) is 5.10 Å². The van der Waals surface area contributed by atoms with E-state index in [4.69, 9.17) is 16.3 Å². The van der Waals surface area contributed by atoms with Gasteiger partial charge < -0.3 is 10.1 Å². The van der Waals surface area contributed by atoms with Crippen LogP contribution < -0.4 is 10.9 Å². The Morgan fingerprint density at radius 3 is 3.12 bits per heavy atom. The summed E-state index contributed by atoms with van der Waals surface area (Å²) in [5, 5.41) is 9.42. The van der Waals surface area contributed by atoms with Gasteiger partial charge in [0.2, 0.25) is 0 Å². The van der Waals surface area contributed by atoms with Crippen LogP contribution in [0.3, 0.4) is 0 Å². The summed E-state index contributed by atoms with van der Waals surface area (Å²) in [6.07, 6.45) is 5.36. The Hall–Kier alpha value is -1.07. The summed E-state index contributed by atoms with van der Waals surface area (Å²) < 4.78 is 5.72. The molecule has 2 bridgehead atoms. The van der Waals surface area contributed by atoms with Crippen molar-refractivity contribution >= 4 is 17.3 Å². The van der Waals surface area contributed by atoms with Gasteiger partial charge in [-0.3, -0.25) is 4.79 Å². The second-order valence-corrected chi connectivity index (χ2v) is 4.67. The van der Waals surface area contributed by atoms with Crippen molar-refractivity contribution in [3.8, 4) is 0 Å². The molecule has 0 aromatic carbocycles.